The molecule has 3 nitrogen and oxygen atoms in total. The molecule has 0 bridgehead atoms. The van der Waals surface area contributed by atoms with Crippen molar-refractivity contribution in [3.05, 3.63) is 17.0 Å². The number of hydrogen-bond acceptors (Lipinski definition) is 4. The van der Waals surface area contributed by atoms with Crippen LogP contribution < -0.4 is 4.78 Å². The highest BCUT2D eigenvalue weighted by Crippen LogP contribution is 2.08. The maximum absolute atomic E-state index is 7.89. The molecular formula is C7H10BO3S. The number of aryl methyl sites for hydroxylation is 1. The molecule has 0 atom stereocenters. The summed E-state index contributed by atoms with van der Waals surface area (Å²) < 4.78 is 0.938. The molecule has 0 aliphatic carbocycles. The molecule has 0 saturated heterocycles. The van der Waals surface area contributed by atoms with Crippen LogP contribution in [0.15, 0.2) is 12.1 Å². The summed E-state index contributed by atoms with van der Waals surface area (Å²) in [5.41, 5.74) is 0. The summed E-state index contributed by atoms with van der Waals surface area (Å²) in [4.78, 5) is 5.56. The Morgan fingerprint density at radius 2 is 2.42 bits per heavy atom. The minimum absolute atomic E-state index is 0.938. The fourth-order valence-corrected chi connectivity index (χ4v) is 1.88. The van der Waals surface area contributed by atoms with Gasteiger partial charge in [-0.1, -0.05) is 24.4 Å². The van der Waals surface area contributed by atoms with Crippen molar-refractivity contribution in [2.75, 3.05) is 0 Å². The Kier molecular flexibility index (Phi) is 4.31. The van der Waals surface area contributed by atoms with E-state index in [4.69, 9.17) is 5.26 Å². The minimum atomic E-state index is 0.938. The zero-order valence-corrected chi connectivity index (χ0v) is 7.63. The third kappa shape index (κ3) is 2.94. The van der Waals surface area contributed by atoms with Crippen molar-refractivity contribution in [3.63, 3.8) is 0 Å². The van der Waals surface area contributed by atoms with Gasteiger partial charge in [0.1, 0.15) is 0 Å². The fourth-order valence-electron chi connectivity index (χ4n) is 0.908. The quantitative estimate of drug-likeness (QED) is 0.427. The molecule has 0 unspecified atom stereocenters. The van der Waals surface area contributed by atoms with Gasteiger partial charge in [-0.3, -0.25) is 4.81 Å². The lowest BCUT2D eigenvalue weighted by Crippen LogP contribution is -2.12. The molecule has 1 radical (unpaired) electrons. The van der Waals surface area contributed by atoms with Crippen LogP contribution in [-0.2, 0) is 16.3 Å². The molecule has 12 heavy (non-hydrogen) atoms. The highest BCUT2D eigenvalue weighted by molar-refractivity contribution is 7.21. The lowest BCUT2D eigenvalue weighted by molar-refractivity contribution is -0.441. The van der Waals surface area contributed by atoms with Crippen molar-refractivity contribution in [3.8, 4) is 0 Å². The van der Waals surface area contributed by atoms with Crippen LogP contribution in [0, 0.1) is 0 Å². The molecular weight excluding hydrogens is 175 g/mol. The van der Waals surface area contributed by atoms with Gasteiger partial charge in [0.15, 0.2) is 0 Å². The van der Waals surface area contributed by atoms with E-state index in [2.05, 4.69) is 16.8 Å². The molecule has 0 aliphatic heterocycles. The van der Waals surface area contributed by atoms with Gasteiger partial charge in [-0.2, -0.15) is 11.3 Å². The third-order valence-corrected chi connectivity index (χ3v) is 2.46. The Labute approximate surface area is 76.1 Å². The zero-order valence-electron chi connectivity index (χ0n) is 6.82. The van der Waals surface area contributed by atoms with Crippen molar-refractivity contribution >= 4 is 23.6 Å². The van der Waals surface area contributed by atoms with Crippen LogP contribution in [0.25, 0.3) is 0 Å². The van der Waals surface area contributed by atoms with E-state index in [1.165, 1.54) is 12.4 Å². The van der Waals surface area contributed by atoms with Crippen LogP contribution in [-0.4, -0.2) is 12.7 Å². The van der Waals surface area contributed by atoms with Gasteiger partial charge >= 0.3 is 7.48 Å². The maximum atomic E-state index is 7.89. The average Bonchev–Trinajstić information content (AvgIpc) is 2.50. The Hall–Kier alpha value is -0.355. The Bertz CT molecular complexity index is 226. The number of thiophene rings is 1. The van der Waals surface area contributed by atoms with Gasteiger partial charge in [0.2, 0.25) is 0 Å². The molecule has 1 aromatic heterocycles. The normalized spacial score (nSPS) is 10.2. The summed E-state index contributed by atoms with van der Waals surface area (Å²) >= 11 is 1.63. The minimum Gasteiger partial charge on any atom is -0.274 e. The summed E-state index contributed by atoms with van der Waals surface area (Å²) in [7, 11) is 1.36. The van der Waals surface area contributed by atoms with Gasteiger partial charge in [0.05, 0.1) is 0 Å². The van der Waals surface area contributed by atoms with Crippen LogP contribution >= 0.6 is 11.3 Å². The standard InChI is InChI=1S/C7H10BO3S/c1-2-3-6-4-5-7(12-6)8-10-11-9/h4-5,9H,2-3H2,1H3. The lowest BCUT2D eigenvalue weighted by Gasteiger charge is -1.91. The largest absolute Gasteiger partial charge is 0.396 e. The van der Waals surface area contributed by atoms with E-state index in [0.717, 1.165) is 17.6 Å². The second-order valence-corrected chi connectivity index (χ2v) is 3.54. The second-order valence-electron chi connectivity index (χ2n) is 2.34. The van der Waals surface area contributed by atoms with Gasteiger partial charge < -0.3 is 0 Å². The first-order chi connectivity index (χ1) is 5.86. The van der Waals surface area contributed by atoms with E-state index in [0.29, 0.717) is 0 Å². The highest BCUT2D eigenvalue weighted by atomic mass is 32.1. The van der Waals surface area contributed by atoms with E-state index in [1.54, 1.807) is 11.3 Å². The van der Waals surface area contributed by atoms with Crippen molar-refractivity contribution in [2.24, 2.45) is 0 Å². The van der Waals surface area contributed by atoms with E-state index in [9.17, 15) is 0 Å². The lowest BCUT2D eigenvalue weighted by atomic mass is 10.0. The van der Waals surface area contributed by atoms with Gasteiger partial charge in [0, 0.05) is 9.65 Å². The van der Waals surface area contributed by atoms with Crippen molar-refractivity contribution in [1.82, 2.24) is 0 Å². The molecule has 5 heteroatoms. The first-order valence-corrected chi connectivity index (χ1v) is 4.57. The van der Waals surface area contributed by atoms with Crippen LogP contribution in [0.4, 0.5) is 0 Å². The van der Waals surface area contributed by atoms with Gasteiger partial charge in [0.25, 0.3) is 0 Å². The molecule has 1 heterocycles. The van der Waals surface area contributed by atoms with E-state index >= 15 is 0 Å². The van der Waals surface area contributed by atoms with E-state index in [1.807, 2.05) is 12.1 Å². The van der Waals surface area contributed by atoms with Crippen molar-refractivity contribution < 1.29 is 15.1 Å². The van der Waals surface area contributed by atoms with Crippen LogP contribution in [0.3, 0.4) is 0 Å². The smallest absolute Gasteiger partial charge is 0.274 e. The Balaban J connectivity index is 2.41. The van der Waals surface area contributed by atoms with Gasteiger partial charge in [-0.25, -0.2) is 5.26 Å². The van der Waals surface area contributed by atoms with E-state index in [-0.39, 0.29) is 0 Å². The summed E-state index contributed by atoms with van der Waals surface area (Å²) in [6.07, 6.45) is 2.22. The van der Waals surface area contributed by atoms with Crippen LogP contribution in [0.1, 0.15) is 18.2 Å². The fraction of sp³-hybridized carbons (Fsp3) is 0.429. The molecule has 1 aromatic rings. The second kappa shape index (κ2) is 5.32. The van der Waals surface area contributed by atoms with Crippen molar-refractivity contribution in [2.45, 2.75) is 19.8 Å². The summed E-state index contributed by atoms with van der Waals surface area (Å²) in [5.74, 6) is 0. The zero-order chi connectivity index (χ0) is 8.81. The predicted octanol–water partition coefficient (Wildman–Crippen LogP) is 1.37. The van der Waals surface area contributed by atoms with Crippen LogP contribution in [0.5, 0.6) is 0 Å². The predicted molar refractivity (Wildman–Crippen MR) is 48.5 cm³/mol. The monoisotopic (exact) mass is 185 g/mol. The molecule has 0 fully saturated rings. The summed E-state index contributed by atoms with van der Waals surface area (Å²) in [6, 6.07) is 3.97. The molecule has 0 aliphatic rings. The first-order valence-electron chi connectivity index (χ1n) is 3.75. The molecule has 1 rings (SSSR count). The summed E-state index contributed by atoms with van der Waals surface area (Å²) in [5, 5.41) is 11.4. The van der Waals surface area contributed by atoms with Crippen molar-refractivity contribution in [1.29, 1.82) is 0 Å². The summed E-state index contributed by atoms with van der Waals surface area (Å²) in [6.45, 7) is 2.14. The highest BCUT2D eigenvalue weighted by Gasteiger charge is 2.02. The van der Waals surface area contributed by atoms with Crippen LogP contribution in [0.2, 0.25) is 0 Å². The SMILES string of the molecule is CCCc1ccc([B]OOO)s1. The average molecular weight is 185 g/mol. The molecule has 0 aromatic carbocycles. The molecule has 1 N–H and O–H groups in total. The topological polar surface area (TPSA) is 38.7 Å². The molecule has 0 spiro atoms. The molecule has 0 amide bonds. The third-order valence-electron chi connectivity index (χ3n) is 1.39. The molecule has 65 valence electrons. The van der Waals surface area contributed by atoms with Gasteiger partial charge in [-0.15, -0.1) is 0 Å². The van der Waals surface area contributed by atoms with Gasteiger partial charge in [-0.05, 0) is 12.5 Å². The number of hydrogen-bond donors (Lipinski definition) is 1. The Morgan fingerprint density at radius 1 is 1.58 bits per heavy atom. The van der Waals surface area contributed by atoms with E-state index < -0.39 is 0 Å². The molecule has 0 saturated carbocycles. The first kappa shape index (κ1) is 9.73. The Morgan fingerprint density at radius 3 is 3.08 bits per heavy atom. The maximum Gasteiger partial charge on any atom is 0.396 e. The number of rotatable bonds is 5.